The van der Waals surface area contributed by atoms with E-state index < -0.39 is 88.5 Å². The van der Waals surface area contributed by atoms with Gasteiger partial charge in [0.1, 0.15) is 30.5 Å². The molecule has 0 amide bonds. The third-order valence-electron chi connectivity index (χ3n) is 10.5. The first kappa shape index (κ1) is 33.1. The van der Waals surface area contributed by atoms with Gasteiger partial charge >= 0.3 is 23.9 Å². The van der Waals surface area contributed by atoms with Gasteiger partial charge < -0.3 is 39.0 Å². The zero-order valence-electron chi connectivity index (χ0n) is 26.6. The predicted molar refractivity (Wildman–Crippen MR) is 155 cm³/mol. The van der Waals surface area contributed by atoms with Crippen molar-refractivity contribution >= 4 is 23.9 Å². The summed E-state index contributed by atoms with van der Waals surface area (Å²) in [5.74, 6) is -3.89. The zero-order valence-corrected chi connectivity index (χ0v) is 26.6. The fourth-order valence-corrected chi connectivity index (χ4v) is 8.81. The molecule has 12 nitrogen and oxygen atoms in total. The molecule has 5 rings (SSSR count). The molecule has 0 radical (unpaired) electrons. The van der Waals surface area contributed by atoms with Crippen molar-refractivity contribution in [3.05, 3.63) is 47.0 Å². The highest BCUT2D eigenvalue weighted by molar-refractivity contribution is 5.89. The molecule has 0 unspecified atom stereocenters. The Labute approximate surface area is 261 Å². The number of ether oxygens (including phenoxy) is 5. The minimum Gasteiger partial charge on any atom is -0.462 e. The molecule has 0 spiro atoms. The molecule has 0 bridgehead atoms. The van der Waals surface area contributed by atoms with Gasteiger partial charge in [-0.2, -0.15) is 0 Å². The summed E-state index contributed by atoms with van der Waals surface area (Å²) in [6, 6.07) is 8.12. The molecule has 3 aliphatic carbocycles. The van der Waals surface area contributed by atoms with Crippen LogP contribution >= 0.6 is 0 Å². The first-order valence-electron chi connectivity index (χ1n) is 15.1. The van der Waals surface area contributed by atoms with Gasteiger partial charge in [0.05, 0.1) is 34.7 Å². The highest BCUT2D eigenvalue weighted by atomic mass is 16.6. The maximum Gasteiger partial charge on any atom is 0.338 e. The van der Waals surface area contributed by atoms with Crippen LogP contribution in [0.2, 0.25) is 0 Å². The van der Waals surface area contributed by atoms with Gasteiger partial charge in [-0.1, -0.05) is 25.1 Å². The third-order valence-corrected chi connectivity index (χ3v) is 10.5. The predicted octanol–water partition coefficient (Wildman–Crippen LogP) is 2.02. The molecule has 0 aromatic heterocycles. The lowest BCUT2D eigenvalue weighted by Gasteiger charge is -2.57. The van der Waals surface area contributed by atoms with E-state index in [2.05, 4.69) is 0 Å². The molecular weight excluding hydrogens is 588 g/mol. The number of esters is 4. The van der Waals surface area contributed by atoms with E-state index in [1.54, 1.807) is 44.2 Å². The third kappa shape index (κ3) is 4.88. The number of hydrogen-bond acceptors (Lipinski definition) is 12. The van der Waals surface area contributed by atoms with Crippen molar-refractivity contribution < 1.29 is 58.2 Å². The molecule has 3 N–H and O–H groups in total. The second kappa shape index (κ2) is 11.2. The highest BCUT2D eigenvalue weighted by Gasteiger charge is 2.80. The van der Waals surface area contributed by atoms with Gasteiger partial charge in [-0.3, -0.25) is 14.4 Å². The fourth-order valence-electron chi connectivity index (χ4n) is 8.81. The Morgan fingerprint density at radius 1 is 0.956 bits per heavy atom. The Bertz CT molecular complexity index is 1410. The minimum absolute atomic E-state index is 0.0324. The molecule has 1 saturated heterocycles. The lowest BCUT2D eigenvalue weighted by Crippen LogP contribution is -2.70. The Kier molecular flexibility index (Phi) is 8.21. The van der Waals surface area contributed by atoms with Gasteiger partial charge in [-0.15, -0.1) is 0 Å². The zero-order chi connectivity index (χ0) is 33.3. The molecule has 246 valence electrons. The van der Waals surface area contributed by atoms with Gasteiger partial charge in [0.25, 0.3) is 0 Å². The molecule has 1 heterocycles. The molecule has 1 aromatic carbocycles. The van der Waals surface area contributed by atoms with Crippen LogP contribution in [0.3, 0.4) is 0 Å². The van der Waals surface area contributed by atoms with E-state index in [-0.39, 0.29) is 30.6 Å². The Hall–Kier alpha value is -3.32. The first-order chi connectivity index (χ1) is 20.9. The summed E-state index contributed by atoms with van der Waals surface area (Å²) in [5, 5.41) is 36.3. The number of carbonyl (C=O) groups is 4. The highest BCUT2D eigenvalue weighted by Crippen LogP contribution is 2.69. The number of aliphatic hydroxyl groups is 3. The van der Waals surface area contributed by atoms with Crippen molar-refractivity contribution in [2.45, 2.75) is 109 Å². The first-order valence-corrected chi connectivity index (χ1v) is 15.1. The van der Waals surface area contributed by atoms with Crippen molar-refractivity contribution in [3.8, 4) is 0 Å². The second-order valence-corrected chi connectivity index (χ2v) is 13.5. The lowest BCUT2D eigenvalue weighted by molar-refractivity contribution is -0.252. The number of fused-ring (bicyclic) bond motifs is 2. The van der Waals surface area contributed by atoms with Crippen LogP contribution < -0.4 is 0 Å². The molecular formula is C33H42O12. The minimum atomic E-state index is -1.75. The topological polar surface area (TPSA) is 175 Å². The summed E-state index contributed by atoms with van der Waals surface area (Å²) in [6.45, 7) is 9.73. The van der Waals surface area contributed by atoms with Gasteiger partial charge in [0.2, 0.25) is 0 Å². The summed E-state index contributed by atoms with van der Waals surface area (Å²) in [6.07, 6.45) is -7.97. The summed E-state index contributed by atoms with van der Waals surface area (Å²) < 4.78 is 30.2. The van der Waals surface area contributed by atoms with E-state index in [1.807, 2.05) is 0 Å². The van der Waals surface area contributed by atoms with E-state index in [0.29, 0.717) is 5.57 Å². The summed E-state index contributed by atoms with van der Waals surface area (Å²) >= 11 is 0. The molecule has 1 aliphatic heterocycles. The van der Waals surface area contributed by atoms with Crippen molar-refractivity contribution in [2.75, 3.05) is 6.61 Å². The quantitative estimate of drug-likeness (QED) is 0.237. The summed E-state index contributed by atoms with van der Waals surface area (Å²) in [5.41, 5.74) is -5.65. The molecule has 45 heavy (non-hydrogen) atoms. The Balaban J connectivity index is 1.84. The number of rotatable bonds is 6. The normalized spacial score (nSPS) is 38.8. The molecule has 2 saturated carbocycles. The largest absolute Gasteiger partial charge is 0.462 e. The average Bonchev–Trinajstić information content (AvgIpc) is 3.44. The monoisotopic (exact) mass is 630 g/mol. The van der Waals surface area contributed by atoms with Crippen molar-refractivity contribution in [3.63, 3.8) is 0 Å². The second-order valence-electron chi connectivity index (χ2n) is 13.5. The van der Waals surface area contributed by atoms with E-state index in [4.69, 9.17) is 23.7 Å². The van der Waals surface area contributed by atoms with Crippen LogP contribution in [0.15, 0.2) is 41.5 Å². The maximum absolute atomic E-state index is 13.7. The van der Waals surface area contributed by atoms with Crippen molar-refractivity contribution in [1.82, 2.24) is 0 Å². The number of benzene rings is 1. The Morgan fingerprint density at radius 3 is 2.13 bits per heavy atom. The van der Waals surface area contributed by atoms with E-state index in [1.165, 1.54) is 34.6 Å². The SMILES string of the molecule is CC(=O)O[C@H]1C[C@]2(C(C)(C)O)C(=C1C)[C@@H](O)[C@H](OC(=O)c1ccccc1)[C@@]1(C)[C@@H]3[C@@H]2OC[C@@]3(OC(C)=O)[C@H](O)C[C@H]1OC(C)=O. The van der Waals surface area contributed by atoms with E-state index >= 15 is 0 Å². The van der Waals surface area contributed by atoms with Crippen LogP contribution in [0.25, 0.3) is 0 Å². The van der Waals surface area contributed by atoms with Crippen LogP contribution in [-0.2, 0) is 38.1 Å². The van der Waals surface area contributed by atoms with Gasteiger partial charge in [-0.05, 0) is 44.1 Å². The maximum atomic E-state index is 13.7. The fraction of sp³-hybridized carbons (Fsp3) is 0.636. The van der Waals surface area contributed by atoms with E-state index in [0.717, 1.165) is 0 Å². The van der Waals surface area contributed by atoms with Gasteiger partial charge in [0.15, 0.2) is 5.60 Å². The van der Waals surface area contributed by atoms with E-state index in [9.17, 15) is 34.5 Å². The van der Waals surface area contributed by atoms with Crippen LogP contribution in [0.1, 0.15) is 71.7 Å². The number of carbonyl (C=O) groups excluding carboxylic acids is 4. The molecule has 1 aromatic rings. The van der Waals surface area contributed by atoms with Crippen LogP contribution in [0.4, 0.5) is 0 Å². The van der Waals surface area contributed by atoms with Gasteiger partial charge in [-0.25, -0.2) is 4.79 Å². The lowest BCUT2D eigenvalue weighted by atomic mass is 9.52. The molecule has 4 aliphatic rings. The standard InChI is InChI=1S/C33H42O12/c1-16-21(42-17(2)34)14-32(30(5,6)40)24(16)25(38)27(44-29(39)20-11-9-8-10-12-20)31(7)23(43-18(3)35)13-22(37)33(45-19(4)36)15-41-28(32)26(31)33/h8-12,21-23,25-28,37-38,40H,13-15H2,1-7H3/t21-,22+,23+,25+,26-,27-,28-,31+,32-,33+/m0/s1. The molecule has 10 atom stereocenters. The number of aliphatic hydroxyl groups excluding tert-OH is 2. The Morgan fingerprint density at radius 2 is 1.58 bits per heavy atom. The van der Waals surface area contributed by atoms with Crippen LogP contribution in [-0.4, -0.2) is 93.6 Å². The average molecular weight is 631 g/mol. The molecule has 12 heteroatoms. The summed E-state index contributed by atoms with van der Waals surface area (Å²) in [4.78, 5) is 51.1. The van der Waals surface area contributed by atoms with Gasteiger partial charge in [0, 0.05) is 39.5 Å². The van der Waals surface area contributed by atoms with Crippen LogP contribution in [0.5, 0.6) is 0 Å². The number of hydrogen-bond donors (Lipinski definition) is 3. The summed E-state index contributed by atoms with van der Waals surface area (Å²) in [7, 11) is 0. The van der Waals surface area contributed by atoms with Crippen molar-refractivity contribution in [1.29, 1.82) is 0 Å². The molecule has 3 fully saturated rings. The van der Waals surface area contributed by atoms with Crippen molar-refractivity contribution in [2.24, 2.45) is 16.7 Å². The van der Waals surface area contributed by atoms with Crippen LogP contribution in [0, 0.1) is 16.7 Å². The smallest absolute Gasteiger partial charge is 0.338 e.